The van der Waals surface area contributed by atoms with Gasteiger partial charge < -0.3 is 10.6 Å². The summed E-state index contributed by atoms with van der Waals surface area (Å²) < 4.78 is 0. The van der Waals surface area contributed by atoms with E-state index in [1.165, 1.54) is 11.1 Å². The number of anilines is 3. The third kappa shape index (κ3) is 2.29. The third-order valence-electron chi connectivity index (χ3n) is 3.10. The molecule has 2 aromatic rings. The van der Waals surface area contributed by atoms with E-state index in [0.717, 1.165) is 11.4 Å². The van der Waals surface area contributed by atoms with Crippen LogP contribution < -0.4 is 10.6 Å². The summed E-state index contributed by atoms with van der Waals surface area (Å²) in [6, 6.07) is 12.0. The molecule has 2 rings (SSSR count). The van der Waals surface area contributed by atoms with Crippen LogP contribution in [0.2, 0.25) is 5.02 Å². The maximum atomic E-state index is 6.06. The quantitative estimate of drug-likeness (QED) is 0.816. The minimum absolute atomic E-state index is 0.587. The van der Waals surface area contributed by atoms with Gasteiger partial charge in [0.1, 0.15) is 0 Å². The summed E-state index contributed by atoms with van der Waals surface area (Å²) in [5.41, 5.74) is 11.2. The van der Waals surface area contributed by atoms with E-state index in [9.17, 15) is 0 Å². The molecular formula is C15H17ClN2. The summed E-state index contributed by atoms with van der Waals surface area (Å²) in [6.45, 7) is 4.18. The van der Waals surface area contributed by atoms with Crippen molar-refractivity contribution in [2.24, 2.45) is 0 Å². The first-order chi connectivity index (χ1) is 8.50. The Morgan fingerprint density at radius 3 is 2.44 bits per heavy atom. The third-order valence-corrected chi connectivity index (χ3v) is 3.43. The minimum atomic E-state index is 0.587. The molecule has 0 amide bonds. The Balaban J connectivity index is 2.48. The lowest BCUT2D eigenvalue weighted by molar-refractivity contribution is 1.18. The first kappa shape index (κ1) is 12.8. The molecular weight excluding hydrogens is 244 g/mol. The summed E-state index contributed by atoms with van der Waals surface area (Å²) >= 11 is 6.06. The molecule has 2 N–H and O–H groups in total. The topological polar surface area (TPSA) is 29.3 Å². The predicted molar refractivity (Wildman–Crippen MR) is 79.8 cm³/mol. The van der Waals surface area contributed by atoms with Gasteiger partial charge in [-0.1, -0.05) is 35.4 Å². The highest BCUT2D eigenvalue weighted by molar-refractivity contribution is 6.33. The summed E-state index contributed by atoms with van der Waals surface area (Å²) in [6.07, 6.45) is 0. The van der Waals surface area contributed by atoms with E-state index in [-0.39, 0.29) is 0 Å². The van der Waals surface area contributed by atoms with E-state index in [1.807, 2.05) is 19.2 Å². The lowest BCUT2D eigenvalue weighted by Crippen LogP contribution is -2.13. The molecule has 0 unspecified atom stereocenters. The van der Waals surface area contributed by atoms with Crippen molar-refractivity contribution < 1.29 is 0 Å². The van der Waals surface area contributed by atoms with Crippen LogP contribution in [0.3, 0.4) is 0 Å². The number of para-hydroxylation sites is 1. The van der Waals surface area contributed by atoms with E-state index in [2.05, 4.69) is 36.9 Å². The van der Waals surface area contributed by atoms with Crippen LogP contribution in [0.25, 0.3) is 0 Å². The van der Waals surface area contributed by atoms with E-state index in [0.29, 0.717) is 10.7 Å². The second kappa shape index (κ2) is 4.91. The van der Waals surface area contributed by atoms with Gasteiger partial charge in [-0.2, -0.15) is 0 Å². The summed E-state index contributed by atoms with van der Waals surface area (Å²) in [5.74, 6) is 0. The molecule has 0 fully saturated rings. The summed E-state index contributed by atoms with van der Waals surface area (Å²) in [5, 5.41) is 0.587. The van der Waals surface area contributed by atoms with Crippen molar-refractivity contribution >= 4 is 28.7 Å². The average molecular weight is 261 g/mol. The normalized spacial score (nSPS) is 10.4. The standard InChI is InChI=1S/C15H17ClN2/c1-10-7-8-13(11(2)9-10)18(3)14-6-4-5-12(16)15(14)17/h4-9H,17H2,1-3H3. The van der Waals surface area contributed by atoms with Crippen LogP contribution in [0, 0.1) is 13.8 Å². The van der Waals surface area contributed by atoms with E-state index in [1.54, 1.807) is 6.07 Å². The highest BCUT2D eigenvalue weighted by Crippen LogP contribution is 2.34. The molecule has 0 aliphatic heterocycles. The molecule has 0 aromatic heterocycles. The molecule has 0 saturated carbocycles. The lowest BCUT2D eigenvalue weighted by atomic mass is 10.1. The average Bonchev–Trinajstić information content (AvgIpc) is 2.32. The van der Waals surface area contributed by atoms with Gasteiger partial charge in [0.2, 0.25) is 0 Å². The van der Waals surface area contributed by atoms with Gasteiger partial charge in [0.15, 0.2) is 0 Å². The van der Waals surface area contributed by atoms with E-state index in [4.69, 9.17) is 17.3 Å². The van der Waals surface area contributed by atoms with Crippen LogP contribution in [-0.4, -0.2) is 7.05 Å². The highest BCUT2D eigenvalue weighted by atomic mass is 35.5. The number of benzene rings is 2. The molecule has 0 aliphatic carbocycles. The number of nitrogens with two attached hydrogens (primary N) is 1. The van der Waals surface area contributed by atoms with Crippen molar-refractivity contribution in [2.45, 2.75) is 13.8 Å². The van der Waals surface area contributed by atoms with Gasteiger partial charge in [0.25, 0.3) is 0 Å². The summed E-state index contributed by atoms with van der Waals surface area (Å²) in [4.78, 5) is 2.07. The maximum absolute atomic E-state index is 6.06. The second-order valence-corrected chi connectivity index (χ2v) is 4.93. The highest BCUT2D eigenvalue weighted by Gasteiger charge is 2.11. The molecule has 3 heteroatoms. The van der Waals surface area contributed by atoms with E-state index >= 15 is 0 Å². The van der Waals surface area contributed by atoms with Gasteiger partial charge in [0.05, 0.1) is 16.4 Å². The Hall–Kier alpha value is -1.67. The van der Waals surface area contributed by atoms with Gasteiger partial charge in [-0.25, -0.2) is 0 Å². The zero-order valence-electron chi connectivity index (χ0n) is 10.9. The van der Waals surface area contributed by atoms with Crippen LogP contribution >= 0.6 is 11.6 Å². The van der Waals surface area contributed by atoms with Crippen molar-refractivity contribution in [1.29, 1.82) is 0 Å². The number of halogens is 1. The van der Waals surface area contributed by atoms with Crippen LogP contribution in [-0.2, 0) is 0 Å². The maximum Gasteiger partial charge on any atom is 0.0744 e. The Morgan fingerprint density at radius 1 is 1.06 bits per heavy atom. The molecule has 0 heterocycles. The molecule has 0 aliphatic rings. The Labute approximate surface area is 113 Å². The Morgan fingerprint density at radius 2 is 1.78 bits per heavy atom. The van der Waals surface area contributed by atoms with Gasteiger partial charge in [0, 0.05) is 12.7 Å². The number of hydrogen-bond acceptors (Lipinski definition) is 2. The zero-order valence-corrected chi connectivity index (χ0v) is 11.6. The number of nitrogens with zero attached hydrogens (tertiary/aromatic N) is 1. The molecule has 0 radical (unpaired) electrons. The Bertz CT molecular complexity index is 579. The van der Waals surface area contributed by atoms with Crippen LogP contribution in [0.1, 0.15) is 11.1 Å². The number of hydrogen-bond donors (Lipinski definition) is 1. The molecule has 0 atom stereocenters. The first-order valence-electron chi connectivity index (χ1n) is 5.85. The fourth-order valence-electron chi connectivity index (χ4n) is 2.13. The van der Waals surface area contributed by atoms with Crippen molar-refractivity contribution in [3.63, 3.8) is 0 Å². The summed E-state index contributed by atoms with van der Waals surface area (Å²) in [7, 11) is 2.00. The molecule has 0 bridgehead atoms. The van der Waals surface area contributed by atoms with Gasteiger partial charge >= 0.3 is 0 Å². The largest absolute Gasteiger partial charge is 0.396 e. The number of aryl methyl sites for hydroxylation is 2. The van der Waals surface area contributed by atoms with Crippen molar-refractivity contribution in [3.05, 3.63) is 52.5 Å². The zero-order chi connectivity index (χ0) is 13.3. The first-order valence-corrected chi connectivity index (χ1v) is 6.23. The predicted octanol–water partition coefficient (Wildman–Crippen LogP) is 4.31. The van der Waals surface area contributed by atoms with E-state index < -0.39 is 0 Å². The van der Waals surface area contributed by atoms with Gasteiger partial charge in [-0.15, -0.1) is 0 Å². The monoisotopic (exact) mass is 260 g/mol. The Kier molecular flexibility index (Phi) is 3.48. The SMILES string of the molecule is Cc1ccc(N(C)c2cccc(Cl)c2N)c(C)c1. The molecule has 0 spiro atoms. The van der Waals surface area contributed by atoms with Crippen molar-refractivity contribution in [3.8, 4) is 0 Å². The number of nitrogen functional groups attached to an aromatic ring is 1. The molecule has 2 nitrogen and oxygen atoms in total. The van der Waals surface area contributed by atoms with Gasteiger partial charge in [-0.3, -0.25) is 0 Å². The lowest BCUT2D eigenvalue weighted by Gasteiger charge is -2.23. The molecule has 18 heavy (non-hydrogen) atoms. The number of rotatable bonds is 2. The minimum Gasteiger partial charge on any atom is -0.396 e. The molecule has 0 saturated heterocycles. The van der Waals surface area contributed by atoms with Crippen molar-refractivity contribution in [1.82, 2.24) is 0 Å². The van der Waals surface area contributed by atoms with Gasteiger partial charge in [-0.05, 0) is 37.6 Å². The van der Waals surface area contributed by atoms with Crippen LogP contribution in [0.4, 0.5) is 17.1 Å². The second-order valence-electron chi connectivity index (χ2n) is 4.52. The fraction of sp³-hybridized carbons (Fsp3) is 0.200. The molecule has 94 valence electrons. The smallest absolute Gasteiger partial charge is 0.0744 e. The van der Waals surface area contributed by atoms with Crippen LogP contribution in [0.15, 0.2) is 36.4 Å². The van der Waals surface area contributed by atoms with Crippen LogP contribution in [0.5, 0.6) is 0 Å². The fourth-order valence-corrected chi connectivity index (χ4v) is 2.30. The molecule has 2 aromatic carbocycles. The van der Waals surface area contributed by atoms with Crippen molar-refractivity contribution in [2.75, 3.05) is 17.7 Å².